The highest BCUT2D eigenvalue weighted by Gasteiger charge is 2.63. The number of aromatic amines is 1. The summed E-state index contributed by atoms with van der Waals surface area (Å²) in [5.41, 5.74) is 2.75. The Bertz CT molecular complexity index is 2980. The Kier molecular flexibility index (Phi) is 14.2. The van der Waals surface area contributed by atoms with Gasteiger partial charge in [-0.2, -0.15) is 5.10 Å². The van der Waals surface area contributed by atoms with E-state index in [1.54, 1.807) is 29.2 Å². The smallest absolute Gasteiger partial charge is 0.342 e. The van der Waals surface area contributed by atoms with Gasteiger partial charge < -0.3 is 19.6 Å². The molecule has 13 rings (SSSR count). The molecule has 5 amide bonds. The van der Waals surface area contributed by atoms with Crippen LogP contribution in [0.25, 0.3) is 10.8 Å². The standard InChI is InChI=1S/C61H76FN9O6/c1-40-34-66(35-41-19-22-65(23-20-41)38-54(72)67-24-26-68(27-25-67)57(74)51-28-42(17-18-52(51)62)29-53-49-15-6-7-16-50(49)56(73)64-63-53)37-48-39-71(2,55(58(75)70(40)48)44-10-4-3-5-11-44)59(76)46-13-8-12-45(30-46)47-14-9-21-69(36-47)60(77)61-31-43(32-61)33-61/h6-8,12-13,15-18,28,30,40-41,43-44,47-48,55H,3-5,9-11,14,19-27,29,31-39H2,1-2H3/p+1/t40-,43?,47+,48-,55+,61?,71?/m0/s1. The van der Waals surface area contributed by atoms with E-state index in [1.165, 1.54) is 12.5 Å². The van der Waals surface area contributed by atoms with Crippen LogP contribution in [0.15, 0.2) is 71.5 Å². The number of benzene rings is 3. The van der Waals surface area contributed by atoms with E-state index in [-0.39, 0.29) is 62.7 Å². The summed E-state index contributed by atoms with van der Waals surface area (Å²) in [6.45, 7) is 10.1. The Morgan fingerprint density at radius 1 is 0.753 bits per heavy atom. The number of aromatic nitrogens is 2. The number of likely N-dealkylation sites (tertiary alicyclic amines) is 2. The van der Waals surface area contributed by atoms with Gasteiger partial charge in [0, 0.05) is 88.6 Å². The van der Waals surface area contributed by atoms with E-state index >= 15 is 14.0 Å². The van der Waals surface area contributed by atoms with Gasteiger partial charge in [-0.15, -0.1) is 0 Å². The highest BCUT2D eigenvalue weighted by molar-refractivity contribution is 5.95. The van der Waals surface area contributed by atoms with E-state index in [9.17, 15) is 19.2 Å². The molecule has 3 aromatic carbocycles. The molecule has 9 aliphatic rings. The predicted molar refractivity (Wildman–Crippen MR) is 290 cm³/mol. The van der Waals surface area contributed by atoms with Crippen molar-refractivity contribution in [2.75, 3.05) is 92.1 Å². The quantitative estimate of drug-likeness (QED) is 0.171. The lowest BCUT2D eigenvalue weighted by Gasteiger charge is -2.61. The second-order valence-corrected chi connectivity index (χ2v) is 25.0. The van der Waals surface area contributed by atoms with Crippen LogP contribution in [0.4, 0.5) is 4.39 Å². The van der Waals surface area contributed by atoms with Gasteiger partial charge in [-0.1, -0.05) is 55.7 Å². The number of amides is 5. The molecule has 5 aliphatic heterocycles. The minimum Gasteiger partial charge on any atom is -0.342 e. The van der Waals surface area contributed by atoms with Crippen molar-refractivity contribution in [3.8, 4) is 0 Å². The van der Waals surface area contributed by atoms with E-state index in [2.05, 4.69) is 55.9 Å². The molecule has 408 valence electrons. The molecule has 4 saturated carbocycles. The SMILES string of the molecule is C[C@H]1CN(CC2CCN(CC(=O)N3CCN(C(=O)c4cc(Cc5n[nH]c(=O)c6ccccc56)ccc4F)CC3)CC2)C[C@H]2C[N+](C)(C(=O)c3cccc([C@@H]4CCCN(C(=O)C56CC(C5)C6)C4)c3)[C@H](C3CCCCC3)C(=O)N21. The Morgan fingerprint density at radius 2 is 1.49 bits per heavy atom. The van der Waals surface area contributed by atoms with Crippen molar-refractivity contribution >= 4 is 40.3 Å². The van der Waals surface area contributed by atoms with Crippen LogP contribution in [0.5, 0.6) is 0 Å². The minimum atomic E-state index is -0.604. The average Bonchev–Trinajstić information content (AvgIpc) is 3.52. The maximum atomic E-state index is 15.3. The van der Waals surface area contributed by atoms with Crippen molar-refractivity contribution in [3.63, 3.8) is 0 Å². The molecule has 2 bridgehead atoms. The van der Waals surface area contributed by atoms with Crippen molar-refractivity contribution in [2.24, 2.45) is 23.2 Å². The molecule has 4 aromatic rings. The number of H-pyrrole nitrogens is 1. The average molecular weight is 1050 g/mol. The van der Waals surface area contributed by atoms with Crippen LogP contribution >= 0.6 is 0 Å². The van der Waals surface area contributed by atoms with Crippen LogP contribution in [0, 0.1) is 29.0 Å². The van der Waals surface area contributed by atoms with Crippen LogP contribution < -0.4 is 5.56 Å². The number of likely N-dealkylation sites (N-methyl/N-ethyl adjacent to an activating group) is 1. The van der Waals surface area contributed by atoms with Crippen molar-refractivity contribution in [2.45, 2.75) is 114 Å². The lowest BCUT2D eigenvalue weighted by Crippen LogP contribution is -2.77. The summed E-state index contributed by atoms with van der Waals surface area (Å²) in [6, 6.07) is 19.5. The van der Waals surface area contributed by atoms with E-state index in [0.29, 0.717) is 91.7 Å². The highest BCUT2D eigenvalue weighted by Crippen LogP contribution is 2.65. The summed E-state index contributed by atoms with van der Waals surface area (Å²) in [5.74, 6) is 1.14. The summed E-state index contributed by atoms with van der Waals surface area (Å²) < 4.78 is 15.3. The molecule has 5 atom stereocenters. The molecule has 9 fully saturated rings. The maximum Gasteiger partial charge on any atom is 0.346 e. The fourth-order valence-electron chi connectivity index (χ4n) is 15.6. The number of hydrogen-bond donors (Lipinski definition) is 1. The monoisotopic (exact) mass is 1050 g/mol. The molecule has 16 heteroatoms. The fraction of sp³-hybridized carbons (Fsp3) is 0.590. The molecule has 15 nitrogen and oxygen atoms in total. The molecule has 6 heterocycles. The van der Waals surface area contributed by atoms with Gasteiger partial charge >= 0.3 is 5.91 Å². The molecular formula is C61H77FN9O6+. The number of hydrogen-bond acceptors (Lipinski definition) is 9. The van der Waals surface area contributed by atoms with Gasteiger partial charge in [-0.3, -0.25) is 33.8 Å². The maximum absolute atomic E-state index is 15.3. The summed E-state index contributed by atoms with van der Waals surface area (Å²) in [5, 5.41) is 8.02. The van der Waals surface area contributed by atoms with Gasteiger partial charge in [0.1, 0.15) is 12.4 Å². The van der Waals surface area contributed by atoms with Gasteiger partial charge in [0.2, 0.25) is 11.8 Å². The molecule has 1 N–H and O–H groups in total. The lowest BCUT2D eigenvalue weighted by molar-refractivity contribution is -0.857. The summed E-state index contributed by atoms with van der Waals surface area (Å²) in [6.07, 6.45) is 12.7. The van der Waals surface area contributed by atoms with Crippen molar-refractivity contribution in [1.82, 2.24) is 39.6 Å². The number of rotatable bonds is 11. The summed E-state index contributed by atoms with van der Waals surface area (Å²) in [4.78, 5) is 96.3. The minimum absolute atomic E-state index is 0.0209. The van der Waals surface area contributed by atoms with E-state index in [0.717, 1.165) is 121 Å². The molecular weight excluding hydrogens is 974 g/mol. The molecule has 0 spiro atoms. The Labute approximate surface area is 451 Å². The number of quaternary nitrogens is 1. The first-order valence-electron chi connectivity index (χ1n) is 29.1. The largest absolute Gasteiger partial charge is 0.346 e. The van der Waals surface area contributed by atoms with Crippen LogP contribution in [0.1, 0.15) is 127 Å². The van der Waals surface area contributed by atoms with Crippen molar-refractivity contribution in [1.29, 1.82) is 0 Å². The third-order valence-corrected chi connectivity index (χ3v) is 19.8. The lowest BCUT2D eigenvalue weighted by atomic mass is 9.44. The third-order valence-electron chi connectivity index (χ3n) is 19.8. The van der Waals surface area contributed by atoms with Gasteiger partial charge in [-0.25, -0.2) is 18.8 Å². The van der Waals surface area contributed by atoms with E-state index in [1.807, 2.05) is 29.2 Å². The highest BCUT2D eigenvalue weighted by atomic mass is 19.1. The van der Waals surface area contributed by atoms with Gasteiger partial charge in [0.15, 0.2) is 6.04 Å². The second kappa shape index (κ2) is 21.1. The molecule has 77 heavy (non-hydrogen) atoms. The number of halogens is 1. The van der Waals surface area contributed by atoms with Crippen LogP contribution in [-0.4, -0.2) is 184 Å². The Balaban J connectivity index is 0.642. The van der Waals surface area contributed by atoms with E-state index < -0.39 is 17.8 Å². The number of piperazine rings is 3. The molecule has 1 unspecified atom stereocenters. The Morgan fingerprint density at radius 3 is 2.23 bits per heavy atom. The molecule has 1 aromatic heterocycles. The number of piperidine rings is 2. The Hall–Kier alpha value is -5.84. The number of nitrogens with zero attached hydrogens (tertiary/aromatic N) is 8. The first-order valence-corrected chi connectivity index (χ1v) is 29.1. The van der Waals surface area contributed by atoms with Crippen molar-refractivity contribution < 1.29 is 32.8 Å². The number of carbonyl (C=O) groups excluding carboxylic acids is 5. The zero-order chi connectivity index (χ0) is 53.2. The number of fused-ring (bicyclic) bond motifs is 2. The zero-order valence-corrected chi connectivity index (χ0v) is 45.2. The first kappa shape index (κ1) is 51.9. The number of nitrogens with one attached hydrogen (secondary N) is 1. The first-order chi connectivity index (χ1) is 37.2. The fourth-order valence-corrected chi connectivity index (χ4v) is 15.6. The predicted octanol–water partition coefficient (Wildman–Crippen LogP) is 6.31. The third kappa shape index (κ3) is 9.93. The summed E-state index contributed by atoms with van der Waals surface area (Å²) >= 11 is 0. The van der Waals surface area contributed by atoms with Crippen LogP contribution in [0.2, 0.25) is 0 Å². The number of carbonyl (C=O) groups is 5. The van der Waals surface area contributed by atoms with Crippen LogP contribution in [-0.2, 0) is 20.8 Å². The zero-order valence-electron chi connectivity index (χ0n) is 45.2. The second-order valence-electron chi connectivity index (χ2n) is 25.0. The normalized spacial score (nSPS) is 29.4. The van der Waals surface area contributed by atoms with Gasteiger partial charge in [0.05, 0.1) is 47.3 Å². The van der Waals surface area contributed by atoms with Gasteiger partial charge in [0.25, 0.3) is 17.4 Å². The molecule has 0 radical (unpaired) electrons. The topological polar surface area (TPSA) is 151 Å². The molecule has 4 aliphatic carbocycles. The van der Waals surface area contributed by atoms with Crippen LogP contribution in [0.3, 0.4) is 0 Å². The van der Waals surface area contributed by atoms with E-state index in [4.69, 9.17) is 0 Å². The molecule has 5 saturated heterocycles. The van der Waals surface area contributed by atoms with Gasteiger partial charge in [-0.05, 0) is 131 Å². The summed E-state index contributed by atoms with van der Waals surface area (Å²) in [7, 11) is 2.06. The van der Waals surface area contributed by atoms with Crippen molar-refractivity contribution in [3.05, 3.63) is 111 Å².